The van der Waals surface area contributed by atoms with E-state index in [9.17, 15) is 0 Å². The van der Waals surface area contributed by atoms with Crippen molar-refractivity contribution >= 4 is 41.1 Å². The van der Waals surface area contributed by atoms with Crippen LogP contribution in [-0.2, 0) is 0 Å². The minimum absolute atomic E-state index is 0.168. The summed E-state index contributed by atoms with van der Waals surface area (Å²) in [6.45, 7) is 27.9. The van der Waals surface area contributed by atoms with Crippen LogP contribution in [0.15, 0.2) is 58.4 Å². The fourth-order valence-corrected chi connectivity index (χ4v) is 14.2. The van der Waals surface area contributed by atoms with Crippen LogP contribution in [0.4, 0.5) is 0 Å². The van der Waals surface area contributed by atoms with Gasteiger partial charge in [0.05, 0.1) is 24.2 Å². The average Bonchev–Trinajstić information content (AvgIpc) is 3.24. The number of allylic oxidation sites excluding steroid dienone is 8. The summed E-state index contributed by atoms with van der Waals surface area (Å²) in [7, 11) is -4.64. The Kier molecular flexibility index (Phi) is 5.40. The minimum atomic E-state index is -1.59. The molecule has 4 rings (SSSR count). The molecule has 3 heteroatoms. The minimum Gasteiger partial charge on any atom is -0.0801 e. The zero-order valence-corrected chi connectivity index (χ0v) is 25.2. The number of fused-ring (bicyclic) bond motifs is 2. The fraction of sp³-hybridized carbons (Fsp3) is 0.448. The van der Waals surface area contributed by atoms with Crippen molar-refractivity contribution in [1.29, 1.82) is 0 Å². The molecule has 0 radical (unpaired) electrons. The largest absolute Gasteiger partial charge is 0.0801 e. The van der Waals surface area contributed by atoms with Gasteiger partial charge in [0.15, 0.2) is 0 Å². The van der Waals surface area contributed by atoms with Gasteiger partial charge in [0, 0.05) is 5.04 Å². The molecule has 1 aromatic carbocycles. The first-order valence-electron chi connectivity index (χ1n) is 12.3. The van der Waals surface area contributed by atoms with E-state index < -0.39 is 24.2 Å². The van der Waals surface area contributed by atoms with Gasteiger partial charge in [-0.2, -0.15) is 0 Å². The van der Waals surface area contributed by atoms with Crippen molar-refractivity contribution in [3.63, 3.8) is 0 Å². The lowest BCUT2D eigenvalue weighted by molar-refractivity contribution is 0.809. The van der Waals surface area contributed by atoms with Crippen LogP contribution in [0.1, 0.15) is 18.9 Å². The highest BCUT2D eigenvalue weighted by Crippen LogP contribution is 2.61. The van der Waals surface area contributed by atoms with Gasteiger partial charge >= 0.3 is 0 Å². The molecule has 32 heavy (non-hydrogen) atoms. The molecular weight excluding hydrogens is 433 g/mol. The van der Waals surface area contributed by atoms with Crippen molar-refractivity contribution in [1.82, 2.24) is 0 Å². The lowest BCUT2D eigenvalue weighted by Crippen LogP contribution is -2.53. The highest BCUT2D eigenvalue weighted by molar-refractivity contribution is 6.90. The van der Waals surface area contributed by atoms with Gasteiger partial charge in [0.1, 0.15) is 0 Å². The number of hydrogen-bond donors (Lipinski definition) is 0. The number of aryl methyl sites for hydroxylation is 1. The first-order chi connectivity index (χ1) is 14.6. The monoisotopic (exact) mass is 474 g/mol. The SMILES string of the molecule is Cc1cc([Si](C)(C)C)c2c(c1)=CC1=C(C3=CC=CC3)C(C)([Si](C)(C)C)C([Si](C)(C)C)=CC=21. The molecule has 0 saturated carbocycles. The van der Waals surface area contributed by atoms with Crippen molar-refractivity contribution in [3.05, 3.63) is 74.4 Å². The highest BCUT2D eigenvalue weighted by Gasteiger charge is 2.52. The first-order valence-corrected chi connectivity index (χ1v) is 22.8. The Morgan fingerprint density at radius 3 is 1.97 bits per heavy atom. The summed E-state index contributed by atoms with van der Waals surface area (Å²) in [5.41, 5.74) is 7.69. The molecule has 0 N–H and O–H groups in total. The van der Waals surface area contributed by atoms with Crippen molar-refractivity contribution in [2.45, 2.75) is 84.2 Å². The molecule has 0 saturated heterocycles. The Morgan fingerprint density at radius 2 is 1.47 bits per heavy atom. The molecule has 3 aliphatic carbocycles. The predicted molar refractivity (Wildman–Crippen MR) is 153 cm³/mol. The van der Waals surface area contributed by atoms with Gasteiger partial charge in [-0.25, -0.2) is 0 Å². The standard InChI is InChI=1S/C29H42Si3/c1-20-16-22-18-24-23(27(22)25(17-20)30(3,4)5)19-26(31(6,7)8)29(2,32(9,10)11)28(24)21-14-12-13-15-21/h12-14,16-19H,15H2,1-11H3. The van der Waals surface area contributed by atoms with Crippen LogP contribution in [0.3, 0.4) is 0 Å². The average molecular weight is 475 g/mol. The Labute approximate surface area is 199 Å². The van der Waals surface area contributed by atoms with Crippen LogP contribution in [0.25, 0.3) is 11.6 Å². The Hall–Kier alpha value is -1.43. The molecule has 0 aliphatic heterocycles. The van der Waals surface area contributed by atoms with Gasteiger partial charge in [0.2, 0.25) is 0 Å². The molecule has 0 aromatic heterocycles. The molecule has 0 bridgehead atoms. The maximum atomic E-state index is 2.70. The lowest BCUT2D eigenvalue weighted by atomic mass is 9.80. The second-order valence-corrected chi connectivity index (χ2v) is 29.0. The first kappa shape index (κ1) is 23.7. The quantitative estimate of drug-likeness (QED) is 0.432. The third-order valence-corrected chi connectivity index (χ3v) is 16.0. The molecular formula is C29H42Si3. The Balaban J connectivity index is 2.24. The van der Waals surface area contributed by atoms with Crippen LogP contribution in [-0.4, -0.2) is 24.2 Å². The summed E-state index contributed by atoms with van der Waals surface area (Å²) < 4.78 is 0. The second-order valence-electron chi connectivity index (χ2n) is 13.4. The van der Waals surface area contributed by atoms with E-state index >= 15 is 0 Å². The molecule has 170 valence electrons. The van der Waals surface area contributed by atoms with E-state index in [1.165, 1.54) is 21.9 Å². The zero-order valence-electron chi connectivity index (χ0n) is 22.2. The zero-order chi connectivity index (χ0) is 23.9. The molecule has 1 atom stereocenters. The normalized spacial score (nSPS) is 23.2. The number of benzene rings is 1. The van der Waals surface area contributed by atoms with Crippen LogP contribution >= 0.6 is 0 Å². The number of rotatable bonds is 4. The van der Waals surface area contributed by atoms with E-state index in [1.54, 1.807) is 26.7 Å². The summed E-state index contributed by atoms with van der Waals surface area (Å²) in [5.74, 6) is 0. The van der Waals surface area contributed by atoms with E-state index in [0.717, 1.165) is 6.42 Å². The molecule has 3 aliphatic rings. The number of hydrogen-bond acceptors (Lipinski definition) is 0. The Morgan fingerprint density at radius 1 is 0.812 bits per heavy atom. The summed E-state index contributed by atoms with van der Waals surface area (Å²) in [6.07, 6.45) is 13.4. The topological polar surface area (TPSA) is 0 Å². The van der Waals surface area contributed by atoms with Gasteiger partial charge in [-0.15, -0.1) is 0 Å². The van der Waals surface area contributed by atoms with E-state index in [2.05, 4.69) is 115 Å². The molecule has 0 spiro atoms. The van der Waals surface area contributed by atoms with Gasteiger partial charge < -0.3 is 0 Å². The molecule has 0 amide bonds. The molecule has 1 aromatic rings. The maximum Gasteiger partial charge on any atom is 0.0784 e. The summed E-state index contributed by atoms with van der Waals surface area (Å²) >= 11 is 0. The van der Waals surface area contributed by atoms with Gasteiger partial charge in [-0.3, -0.25) is 0 Å². The fourth-order valence-electron chi connectivity index (χ4n) is 6.11. The van der Waals surface area contributed by atoms with Crippen LogP contribution in [0.5, 0.6) is 0 Å². The summed E-state index contributed by atoms with van der Waals surface area (Å²) in [5, 5.41) is 6.59. The van der Waals surface area contributed by atoms with Gasteiger partial charge in [0.25, 0.3) is 0 Å². The maximum absolute atomic E-state index is 2.70. The molecule has 0 heterocycles. The van der Waals surface area contributed by atoms with E-state index in [1.807, 2.05) is 0 Å². The van der Waals surface area contributed by atoms with Gasteiger partial charge in [-0.1, -0.05) is 118 Å². The molecule has 0 nitrogen and oxygen atoms in total. The van der Waals surface area contributed by atoms with Crippen LogP contribution < -0.4 is 15.6 Å². The van der Waals surface area contributed by atoms with Crippen molar-refractivity contribution in [2.24, 2.45) is 0 Å². The lowest BCUT2D eigenvalue weighted by Gasteiger charge is -2.52. The van der Waals surface area contributed by atoms with Crippen LogP contribution in [0, 0.1) is 6.92 Å². The van der Waals surface area contributed by atoms with Crippen molar-refractivity contribution < 1.29 is 0 Å². The summed E-state index contributed by atoms with van der Waals surface area (Å²) in [6, 6.07) is 4.93. The van der Waals surface area contributed by atoms with Gasteiger partial charge in [-0.05, 0) is 52.2 Å². The highest BCUT2D eigenvalue weighted by atomic mass is 28.3. The smallest absolute Gasteiger partial charge is 0.0784 e. The summed E-state index contributed by atoms with van der Waals surface area (Å²) in [4.78, 5) is 0. The van der Waals surface area contributed by atoms with Crippen LogP contribution in [0.2, 0.25) is 64.0 Å². The van der Waals surface area contributed by atoms with Crippen molar-refractivity contribution in [3.8, 4) is 0 Å². The third-order valence-electron chi connectivity index (χ3n) is 7.98. The third kappa shape index (κ3) is 3.52. The molecule has 1 unspecified atom stereocenters. The van der Waals surface area contributed by atoms with Crippen molar-refractivity contribution in [2.75, 3.05) is 0 Å². The molecule has 0 fully saturated rings. The predicted octanol–water partition coefficient (Wildman–Crippen LogP) is 6.58. The second kappa shape index (κ2) is 7.28. The Bertz CT molecular complexity index is 1250. The van der Waals surface area contributed by atoms with E-state index in [-0.39, 0.29) is 5.04 Å². The van der Waals surface area contributed by atoms with E-state index in [0.29, 0.717) is 0 Å². The van der Waals surface area contributed by atoms with E-state index in [4.69, 9.17) is 0 Å².